The number of aliphatic carboxylic acids is 1. The van der Waals surface area contributed by atoms with Gasteiger partial charge in [0, 0.05) is 17.2 Å². The number of amides is 2. The van der Waals surface area contributed by atoms with E-state index in [4.69, 9.17) is 0 Å². The van der Waals surface area contributed by atoms with Gasteiger partial charge in [0.1, 0.15) is 5.70 Å². The number of carbonyl (C=O) groups excluding carboxylic acids is 3. The molecule has 0 bridgehead atoms. The minimum absolute atomic E-state index is 0.0790. The number of aromatic nitrogens is 1. The highest BCUT2D eigenvalue weighted by Gasteiger charge is 2.14. The first kappa shape index (κ1) is 16.9. The molecule has 0 saturated carbocycles. The normalized spacial score (nSPS) is 10.8. The molecule has 0 atom stereocenters. The van der Waals surface area contributed by atoms with Gasteiger partial charge < -0.3 is 20.5 Å². The summed E-state index contributed by atoms with van der Waals surface area (Å²) in [4.78, 5) is 37.7. The molecule has 2 aromatic rings. The van der Waals surface area contributed by atoms with Crippen molar-refractivity contribution in [2.24, 2.45) is 0 Å². The van der Waals surface area contributed by atoms with Gasteiger partial charge >= 0.3 is 0 Å². The number of pyridine rings is 1. The largest absolute Gasteiger partial charge is 0.548 e. The van der Waals surface area contributed by atoms with E-state index < -0.39 is 24.3 Å². The van der Waals surface area contributed by atoms with Gasteiger partial charge in [0.05, 0.1) is 12.5 Å². The van der Waals surface area contributed by atoms with Crippen LogP contribution in [0.25, 0.3) is 6.08 Å². The summed E-state index contributed by atoms with van der Waals surface area (Å²) in [5, 5.41) is 15.1. The molecule has 24 heavy (non-hydrogen) atoms. The van der Waals surface area contributed by atoms with Gasteiger partial charge in [-0.15, -0.1) is 0 Å². The molecule has 0 aliphatic carbocycles. The van der Waals surface area contributed by atoms with Crippen LogP contribution in [0.3, 0.4) is 0 Å². The van der Waals surface area contributed by atoms with Crippen LogP contribution in [0.5, 0.6) is 0 Å². The molecule has 0 radical (unpaired) electrons. The summed E-state index contributed by atoms with van der Waals surface area (Å²) < 4.78 is 0. The molecule has 0 spiro atoms. The number of aromatic amines is 1. The van der Waals surface area contributed by atoms with Crippen molar-refractivity contribution in [1.29, 1.82) is 0 Å². The van der Waals surface area contributed by atoms with Crippen LogP contribution >= 0.6 is 0 Å². The SMILES string of the molecule is O=C([O-])CNC(=O)/C(=C\c1ccc[nH+]c1)NC(=O)c1ccccc1. The van der Waals surface area contributed by atoms with Gasteiger partial charge in [0.25, 0.3) is 11.8 Å². The van der Waals surface area contributed by atoms with E-state index in [-0.39, 0.29) is 5.70 Å². The van der Waals surface area contributed by atoms with Gasteiger partial charge in [-0.1, -0.05) is 18.2 Å². The van der Waals surface area contributed by atoms with E-state index in [9.17, 15) is 19.5 Å². The molecule has 7 heteroatoms. The smallest absolute Gasteiger partial charge is 0.268 e. The zero-order valence-electron chi connectivity index (χ0n) is 12.6. The third kappa shape index (κ3) is 5.06. The van der Waals surface area contributed by atoms with Crippen molar-refractivity contribution in [1.82, 2.24) is 10.6 Å². The maximum atomic E-state index is 12.2. The van der Waals surface area contributed by atoms with Crippen LogP contribution in [0, 0.1) is 0 Å². The third-order valence-electron chi connectivity index (χ3n) is 2.96. The molecule has 1 aromatic carbocycles. The van der Waals surface area contributed by atoms with Crippen LogP contribution in [0.1, 0.15) is 15.9 Å². The Kier molecular flexibility index (Phi) is 5.79. The first-order valence-corrected chi connectivity index (χ1v) is 7.08. The van der Waals surface area contributed by atoms with E-state index >= 15 is 0 Å². The van der Waals surface area contributed by atoms with Crippen molar-refractivity contribution in [2.45, 2.75) is 0 Å². The van der Waals surface area contributed by atoms with Crippen LogP contribution in [0.15, 0.2) is 60.6 Å². The van der Waals surface area contributed by atoms with Crippen LogP contribution in [-0.4, -0.2) is 24.3 Å². The molecule has 1 aromatic heterocycles. The Morgan fingerprint density at radius 1 is 1.08 bits per heavy atom. The summed E-state index contributed by atoms with van der Waals surface area (Å²) in [7, 11) is 0. The molecule has 2 rings (SSSR count). The first-order chi connectivity index (χ1) is 11.6. The first-order valence-electron chi connectivity index (χ1n) is 7.08. The Morgan fingerprint density at radius 2 is 1.83 bits per heavy atom. The second-order valence-corrected chi connectivity index (χ2v) is 4.77. The number of benzene rings is 1. The standard InChI is InChI=1S/C17H15N3O4/c21-15(22)11-19-17(24)14(9-12-5-4-8-18-10-12)20-16(23)13-6-2-1-3-7-13/h1-10H,11H2,(H,19,24)(H,20,23)(H,21,22)/b14-9+. The average molecular weight is 325 g/mol. The molecule has 0 aliphatic rings. The van der Waals surface area contributed by atoms with Crippen LogP contribution in [0.4, 0.5) is 0 Å². The van der Waals surface area contributed by atoms with E-state index in [0.29, 0.717) is 11.1 Å². The summed E-state index contributed by atoms with van der Waals surface area (Å²) in [6.45, 7) is -0.654. The lowest BCUT2D eigenvalue weighted by Crippen LogP contribution is -2.41. The predicted molar refractivity (Wildman–Crippen MR) is 82.9 cm³/mol. The third-order valence-corrected chi connectivity index (χ3v) is 2.96. The Bertz CT molecular complexity index is 758. The Hall–Kier alpha value is -3.48. The lowest BCUT2D eigenvalue weighted by molar-refractivity contribution is -0.378. The number of hydrogen-bond donors (Lipinski definition) is 2. The topological polar surface area (TPSA) is 112 Å². The molecule has 0 aliphatic heterocycles. The number of rotatable bonds is 6. The molecular formula is C17H15N3O4. The van der Waals surface area contributed by atoms with Gasteiger partial charge in [0.2, 0.25) is 0 Å². The van der Waals surface area contributed by atoms with Crippen molar-refractivity contribution in [3.8, 4) is 0 Å². The fourth-order valence-corrected chi connectivity index (χ4v) is 1.85. The van der Waals surface area contributed by atoms with Crippen molar-refractivity contribution < 1.29 is 24.5 Å². The zero-order chi connectivity index (χ0) is 17.4. The molecule has 3 N–H and O–H groups in total. The van der Waals surface area contributed by atoms with Gasteiger partial charge in [-0.05, 0) is 24.3 Å². The van der Waals surface area contributed by atoms with Crippen molar-refractivity contribution in [3.63, 3.8) is 0 Å². The summed E-state index contributed by atoms with van der Waals surface area (Å²) in [6, 6.07) is 11.8. The molecule has 122 valence electrons. The van der Waals surface area contributed by atoms with Crippen LogP contribution in [-0.2, 0) is 9.59 Å². The lowest BCUT2D eigenvalue weighted by atomic mass is 10.2. The Morgan fingerprint density at radius 3 is 2.46 bits per heavy atom. The number of carboxylic acids is 1. The average Bonchev–Trinajstić information content (AvgIpc) is 2.60. The summed E-state index contributed by atoms with van der Waals surface area (Å²) in [5.41, 5.74) is 0.921. The zero-order valence-corrected chi connectivity index (χ0v) is 12.6. The number of carbonyl (C=O) groups is 3. The van der Waals surface area contributed by atoms with Crippen LogP contribution in [0.2, 0.25) is 0 Å². The van der Waals surface area contributed by atoms with Crippen LogP contribution < -0.4 is 20.7 Å². The van der Waals surface area contributed by atoms with Gasteiger partial charge in [-0.2, -0.15) is 0 Å². The fraction of sp³-hybridized carbons (Fsp3) is 0.0588. The quantitative estimate of drug-likeness (QED) is 0.673. The van der Waals surface area contributed by atoms with E-state index in [0.717, 1.165) is 0 Å². The van der Waals surface area contributed by atoms with Crippen molar-refractivity contribution in [3.05, 3.63) is 71.7 Å². The highest BCUT2D eigenvalue weighted by molar-refractivity contribution is 6.05. The monoisotopic (exact) mass is 325 g/mol. The predicted octanol–water partition coefficient (Wildman–Crippen LogP) is -0.862. The summed E-state index contributed by atoms with van der Waals surface area (Å²) in [5.74, 6) is -2.64. The van der Waals surface area contributed by atoms with Gasteiger partial charge in [-0.25, -0.2) is 4.98 Å². The molecule has 1 heterocycles. The Balaban J connectivity index is 2.22. The second kappa shape index (κ2) is 8.23. The number of nitrogens with one attached hydrogen (secondary N) is 3. The molecule has 0 saturated heterocycles. The maximum Gasteiger partial charge on any atom is 0.268 e. The molecule has 0 unspecified atom stereocenters. The Labute approximate surface area is 138 Å². The lowest BCUT2D eigenvalue weighted by Gasteiger charge is -2.11. The van der Waals surface area contributed by atoms with E-state index in [2.05, 4.69) is 15.6 Å². The van der Waals surface area contributed by atoms with E-state index in [1.807, 2.05) is 0 Å². The van der Waals surface area contributed by atoms with Gasteiger partial charge in [0.15, 0.2) is 12.4 Å². The fourth-order valence-electron chi connectivity index (χ4n) is 1.85. The molecule has 7 nitrogen and oxygen atoms in total. The molecular weight excluding hydrogens is 310 g/mol. The highest BCUT2D eigenvalue weighted by atomic mass is 16.4. The molecule has 0 fully saturated rings. The van der Waals surface area contributed by atoms with E-state index in [1.54, 1.807) is 54.9 Å². The van der Waals surface area contributed by atoms with E-state index in [1.165, 1.54) is 6.08 Å². The van der Waals surface area contributed by atoms with Gasteiger partial charge in [-0.3, -0.25) is 9.59 Å². The minimum atomic E-state index is -1.43. The maximum absolute atomic E-state index is 12.2. The highest BCUT2D eigenvalue weighted by Crippen LogP contribution is 2.05. The number of hydrogen-bond acceptors (Lipinski definition) is 4. The number of carboxylic acid groups (broad SMARTS) is 1. The molecule has 2 amide bonds. The number of H-pyrrole nitrogens is 1. The van der Waals surface area contributed by atoms with Crippen molar-refractivity contribution in [2.75, 3.05) is 6.54 Å². The second-order valence-electron chi connectivity index (χ2n) is 4.77. The van der Waals surface area contributed by atoms with Crippen molar-refractivity contribution >= 4 is 23.9 Å². The minimum Gasteiger partial charge on any atom is -0.548 e. The summed E-state index contributed by atoms with van der Waals surface area (Å²) in [6.07, 6.45) is 4.75. The summed E-state index contributed by atoms with van der Waals surface area (Å²) >= 11 is 0.